The lowest BCUT2D eigenvalue weighted by Gasteiger charge is -2.16. The maximum atomic E-state index is 5.67. The second-order valence-electron chi connectivity index (χ2n) is 3.30. The fourth-order valence-electron chi connectivity index (χ4n) is 1.17. The molecule has 0 aliphatic rings. The van der Waals surface area contributed by atoms with Crippen LogP contribution in [0.25, 0.3) is 0 Å². The molecule has 0 aliphatic carbocycles. The Hall–Kier alpha value is 0.210. The molecule has 0 radical (unpaired) electrons. The van der Waals surface area contributed by atoms with Crippen LogP contribution < -0.4 is 11.1 Å². The molecule has 2 nitrogen and oxygen atoms in total. The summed E-state index contributed by atoms with van der Waals surface area (Å²) in [5, 5.41) is 3.39. The average Bonchev–Trinajstić information content (AvgIpc) is 2.05. The lowest BCUT2D eigenvalue weighted by atomic mass is 10.1. The van der Waals surface area contributed by atoms with E-state index in [0.29, 0.717) is 18.0 Å². The standard InChI is InChI=1S/C9H21ClN2/c1-3-9(12-7-6-10)5-4-8(2)11/h8-9,12H,3-7,11H2,1-2H3. The van der Waals surface area contributed by atoms with E-state index < -0.39 is 0 Å². The quantitative estimate of drug-likeness (QED) is 0.603. The van der Waals surface area contributed by atoms with E-state index in [2.05, 4.69) is 12.2 Å². The van der Waals surface area contributed by atoms with Gasteiger partial charge in [0.15, 0.2) is 0 Å². The second kappa shape index (κ2) is 7.84. The van der Waals surface area contributed by atoms with Crippen molar-refractivity contribution in [2.24, 2.45) is 5.73 Å². The molecule has 0 rings (SSSR count). The minimum absolute atomic E-state index is 0.317. The molecule has 2 atom stereocenters. The lowest BCUT2D eigenvalue weighted by Crippen LogP contribution is -2.31. The van der Waals surface area contributed by atoms with E-state index in [1.54, 1.807) is 0 Å². The summed E-state index contributed by atoms with van der Waals surface area (Å²) in [5.74, 6) is 0.689. The monoisotopic (exact) mass is 192 g/mol. The van der Waals surface area contributed by atoms with Gasteiger partial charge in [-0.2, -0.15) is 0 Å². The molecule has 0 fully saturated rings. The first-order valence-corrected chi connectivity index (χ1v) is 5.29. The fraction of sp³-hybridized carbons (Fsp3) is 1.00. The van der Waals surface area contributed by atoms with Gasteiger partial charge in [-0.05, 0) is 26.2 Å². The maximum absolute atomic E-state index is 5.67. The van der Waals surface area contributed by atoms with Gasteiger partial charge in [0.2, 0.25) is 0 Å². The maximum Gasteiger partial charge on any atom is 0.0348 e. The molecule has 3 N–H and O–H groups in total. The zero-order chi connectivity index (χ0) is 9.40. The highest BCUT2D eigenvalue weighted by Gasteiger charge is 2.05. The molecule has 0 saturated heterocycles. The molecule has 0 aliphatic heterocycles. The van der Waals surface area contributed by atoms with E-state index in [-0.39, 0.29) is 0 Å². The van der Waals surface area contributed by atoms with E-state index in [9.17, 15) is 0 Å². The SMILES string of the molecule is CCC(CCC(C)N)NCCCl. The Bertz CT molecular complexity index is 96.5. The van der Waals surface area contributed by atoms with Crippen molar-refractivity contribution in [3.63, 3.8) is 0 Å². The van der Waals surface area contributed by atoms with E-state index in [0.717, 1.165) is 25.8 Å². The Kier molecular flexibility index (Phi) is 7.98. The third-order valence-electron chi connectivity index (χ3n) is 1.99. The molecule has 12 heavy (non-hydrogen) atoms. The van der Waals surface area contributed by atoms with Gasteiger partial charge in [-0.25, -0.2) is 0 Å². The van der Waals surface area contributed by atoms with Gasteiger partial charge in [-0.1, -0.05) is 6.92 Å². The lowest BCUT2D eigenvalue weighted by molar-refractivity contribution is 0.449. The van der Waals surface area contributed by atoms with Crippen LogP contribution in [-0.2, 0) is 0 Å². The number of rotatable bonds is 7. The van der Waals surface area contributed by atoms with Crippen LogP contribution in [0.3, 0.4) is 0 Å². The molecule has 3 heteroatoms. The van der Waals surface area contributed by atoms with Gasteiger partial charge in [-0.15, -0.1) is 11.6 Å². The second-order valence-corrected chi connectivity index (χ2v) is 3.68. The van der Waals surface area contributed by atoms with Crippen LogP contribution in [0.15, 0.2) is 0 Å². The number of nitrogens with two attached hydrogens (primary N) is 1. The van der Waals surface area contributed by atoms with Gasteiger partial charge >= 0.3 is 0 Å². The first kappa shape index (κ1) is 12.2. The Morgan fingerprint density at radius 2 is 2.08 bits per heavy atom. The van der Waals surface area contributed by atoms with Gasteiger partial charge in [0, 0.05) is 24.5 Å². The van der Waals surface area contributed by atoms with Crippen LogP contribution in [0.4, 0.5) is 0 Å². The Morgan fingerprint density at radius 3 is 2.50 bits per heavy atom. The van der Waals surface area contributed by atoms with Crippen LogP contribution in [0.2, 0.25) is 0 Å². The van der Waals surface area contributed by atoms with Gasteiger partial charge in [0.1, 0.15) is 0 Å². The predicted octanol–water partition coefficient (Wildman–Crippen LogP) is 1.72. The number of hydrogen-bond donors (Lipinski definition) is 2. The predicted molar refractivity (Wildman–Crippen MR) is 55.7 cm³/mol. The summed E-state index contributed by atoms with van der Waals surface area (Å²) in [6.07, 6.45) is 3.41. The van der Waals surface area contributed by atoms with Gasteiger partial charge in [-0.3, -0.25) is 0 Å². The molecule has 0 spiro atoms. The van der Waals surface area contributed by atoms with Crippen LogP contribution in [0.1, 0.15) is 33.1 Å². The van der Waals surface area contributed by atoms with Crippen LogP contribution in [-0.4, -0.2) is 24.5 Å². The van der Waals surface area contributed by atoms with E-state index >= 15 is 0 Å². The molecule has 74 valence electrons. The number of halogens is 1. The topological polar surface area (TPSA) is 38.0 Å². The van der Waals surface area contributed by atoms with Crippen molar-refractivity contribution in [2.75, 3.05) is 12.4 Å². The average molecular weight is 193 g/mol. The molecule has 0 heterocycles. The highest BCUT2D eigenvalue weighted by Crippen LogP contribution is 2.03. The first-order chi connectivity index (χ1) is 5.70. The summed E-state index contributed by atoms with van der Waals surface area (Å²) < 4.78 is 0. The van der Waals surface area contributed by atoms with Crippen molar-refractivity contribution in [1.82, 2.24) is 5.32 Å². The Balaban J connectivity index is 3.39. The number of nitrogens with one attached hydrogen (secondary N) is 1. The van der Waals surface area contributed by atoms with Crippen molar-refractivity contribution < 1.29 is 0 Å². The summed E-state index contributed by atoms with van der Waals surface area (Å²) in [6.45, 7) is 5.14. The van der Waals surface area contributed by atoms with Gasteiger partial charge in [0.25, 0.3) is 0 Å². The highest BCUT2D eigenvalue weighted by atomic mass is 35.5. The molecule has 0 saturated carbocycles. The minimum atomic E-state index is 0.317. The molecular formula is C9H21ClN2. The molecule has 2 unspecified atom stereocenters. The third kappa shape index (κ3) is 6.89. The highest BCUT2D eigenvalue weighted by molar-refractivity contribution is 6.18. The number of alkyl halides is 1. The molecular weight excluding hydrogens is 172 g/mol. The van der Waals surface area contributed by atoms with Crippen molar-refractivity contribution in [2.45, 2.75) is 45.2 Å². The van der Waals surface area contributed by atoms with Gasteiger partial charge < -0.3 is 11.1 Å². The molecule has 0 aromatic rings. The van der Waals surface area contributed by atoms with Crippen molar-refractivity contribution >= 4 is 11.6 Å². The van der Waals surface area contributed by atoms with E-state index in [1.165, 1.54) is 0 Å². The summed E-state index contributed by atoms with van der Waals surface area (Å²) in [5.41, 5.74) is 5.67. The molecule has 0 amide bonds. The van der Waals surface area contributed by atoms with E-state index in [4.69, 9.17) is 17.3 Å². The van der Waals surface area contributed by atoms with Crippen molar-refractivity contribution in [1.29, 1.82) is 0 Å². The summed E-state index contributed by atoms with van der Waals surface area (Å²) in [6, 6.07) is 0.909. The molecule has 0 bridgehead atoms. The third-order valence-corrected chi connectivity index (χ3v) is 2.18. The number of hydrogen-bond acceptors (Lipinski definition) is 2. The smallest absolute Gasteiger partial charge is 0.0348 e. The van der Waals surface area contributed by atoms with Crippen LogP contribution in [0, 0.1) is 0 Å². The summed E-state index contributed by atoms with van der Waals surface area (Å²) in [4.78, 5) is 0. The largest absolute Gasteiger partial charge is 0.328 e. The van der Waals surface area contributed by atoms with E-state index in [1.807, 2.05) is 6.92 Å². The van der Waals surface area contributed by atoms with Crippen molar-refractivity contribution in [3.8, 4) is 0 Å². The van der Waals surface area contributed by atoms with Gasteiger partial charge in [0.05, 0.1) is 0 Å². The van der Waals surface area contributed by atoms with Crippen molar-refractivity contribution in [3.05, 3.63) is 0 Å². The normalized spacial score (nSPS) is 16.0. The molecule has 0 aromatic heterocycles. The molecule has 0 aromatic carbocycles. The Morgan fingerprint density at radius 1 is 1.42 bits per heavy atom. The summed E-state index contributed by atoms with van der Waals surface area (Å²) >= 11 is 5.58. The van der Waals surface area contributed by atoms with Crippen LogP contribution >= 0.6 is 11.6 Å². The zero-order valence-electron chi connectivity index (χ0n) is 8.15. The zero-order valence-corrected chi connectivity index (χ0v) is 8.90. The first-order valence-electron chi connectivity index (χ1n) is 4.75. The summed E-state index contributed by atoms with van der Waals surface area (Å²) in [7, 11) is 0. The minimum Gasteiger partial charge on any atom is -0.328 e. The fourth-order valence-corrected chi connectivity index (χ4v) is 1.28. The van der Waals surface area contributed by atoms with Crippen LogP contribution in [0.5, 0.6) is 0 Å². The Labute approximate surface area is 80.9 Å².